The van der Waals surface area contributed by atoms with Crippen LogP contribution in [0.4, 0.5) is 0 Å². The molecule has 0 bridgehead atoms. The summed E-state index contributed by atoms with van der Waals surface area (Å²) in [5, 5.41) is 0.609. The minimum atomic E-state index is -0.465. The Kier molecular flexibility index (Phi) is 3.78. The standard InChI is InChI=1S/C14H10ClO2/c15-13-8-4-7-12(9-13)14(17-10-16)11-5-2-1-3-6-11/h1-9,14H. The number of carbonyl (C=O) groups excluding carboxylic acids is 1. The Morgan fingerprint density at radius 2 is 1.71 bits per heavy atom. The van der Waals surface area contributed by atoms with Crippen molar-refractivity contribution in [2.75, 3.05) is 0 Å². The second kappa shape index (κ2) is 5.51. The van der Waals surface area contributed by atoms with Gasteiger partial charge in [-0.15, -0.1) is 0 Å². The molecule has 0 fully saturated rings. The molecular formula is C14H10ClO2. The molecule has 0 aliphatic heterocycles. The van der Waals surface area contributed by atoms with Crippen LogP contribution in [0.1, 0.15) is 17.2 Å². The van der Waals surface area contributed by atoms with E-state index in [1.54, 1.807) is 12.1 Å². The molecule has 3 heteroatoms. The number of halogens is 1. The summed E-state index contributed by atoms with van der Waals surface area (Å²) in [7, 11) is 0. The summed E-state index contributed by atoms with van der Waals surface area (Å²) < 4.78 is 5.00. The minimum absolute atomic E-state index is 0.465. The predicted octanol–water partition coefficient (Wildman–Crippen LogP) is 3.51. The summed E-state index contributed by atoms with van der Waals surface area (Å²) in [5.41, 5.74) is 1.71. The van der Waals surface area contributed by atoms with Crippen LogP contribution >= 0.6 is 11.6 Å². The van der Waals surface area contributed by atoms with Gasteiger partial charge in [0, 0.05) is 5.02 Å². The normalized spacial score (nSPS) is 11.8. The molecule has 0 saturated heterocycles. The summed E-state index contributed by atoms with van der Waals surface area (Å²) in [4.78, 5) is 10.5. The molecule has 0 aromatic heterocycles. The molecule has 2 aromatic rings. The zero-order valence-electron chi connectivity index (χ0n) is 8.97. The first-order valence-electron chi connectivity index (χ1n) is 5.14. The first-order chi connectivity index (χ1) is 8.31. The highest BCUT2D eigenvalue weighted by Gasteiger charge is 2.15. The van der Waals surface area contributed by atoms with Crippen molar-refractivity contribution in [2.24, 2.45) is 0 Å². The van der Waals surface area contributed by atoms with Crippen LogP contribution in [0.15, 0.2) is 54.6 Å². The van der Waals surface area contributed by atoms with Gasteiger partial charge in [-0.1, -0.05) is 54.1 Å². The molecule has 85 valence electrons. The van der Waals surface area contributed by atoms with Crippen molar-refractivity contribution in [2.45, 2.75) is 6.10 Å². The Morgan fingerprint density at radius 1 is 1.00 bits per heavy atom. The summed E-state index contributed by atoms with van der Waals surface area (Å²) in [6.45, 7) is 1.49. The first kappa shape index (κ1) is 11.7. The van der Waals surface area contributed by atoms with Crippen LogP contribution < -0.4 is 0 Å². The van der Waals surface area contributed by atoms with E-state index in [-0.39, 0.29) is 0 Å². The fourth-order valence-corrected chi connectivity index (χ4v) is 1.87. The maximum atomic E-state index is 10.5. The van der Waals surface area contributed by atoms with Crippen LogP contribution in [0, 0.1) is 0 Å². The van der Waals surface area contributed by atoms with Gasteiger partial charge in [-0.25, -0.2) is 4.79 Å². The monoisotopic (exact) mass is 245 g/mol. The van der Waals surface area contributed by atoms with Gasteiger partial charge in [-0.05, 0) is 23.3 Å². The van der Waals surface area contributed by atoms with E-state index in [9.17, 15) is 4.79 Å². The van der Waals surface area contributed by atoms with Crippen LogP contribution in [0.2, 0.25) is 5.02 Å². The number of hydrogen-bond acceptors (Lipinski definition) is 2. The number of hydrogen-bond donors (Lipinski definition) is 0. The molecule has 2 aromatic carbocycles. The molecule has 0 amide bonds. The third-order valence-corrected chi connectivity index (χ3v) is 2.65. The Hall–Kier alpha value is -1.80. The van der Waals surface area contributed by atoms with E-state index in [0.717, 1.165) is 11.1 Å². The van der Waals surface area contributed by atoms with E-state index in [2.05, 4.69) is 0 Å². The fraction of sp³-hybridized carbons (Fsp3) is 0.0714. The molecule has 1 radical (unpaired) electrons. The molecular weight excluding hydrogens is 236 g/mol. The zero-order chi connectivity index (χ0) is 12.1. The second-order valence-electron chi connectivity index (χ2n) is 3.55. The minimum Gasteiger partial charge on any atom is -0.444 e. The Balaban J connectivity index is 2.39. The van der Waals surface area contributed by atoms with E-state index < -0.39 is 6.10 Å². The van der Waals surface area contributed by atoms with E-state index in [1.165, 1.54) is 6.47 Å². The highest BCUT2D eigenvalue weighted by molar-refractivity contribution is 6.30. The molecule has 17 heavy (non-hydrogen) atoms. The highest BCUT2D eigenvalue weighted by atomic mass is 35.5. The fourth-order valence-electron chi connectivity index (χ4n) is 1.67. The third kappa shape index (κ3) is 2.86. The van der Waals surface area contributed by atoms with E-state index in [0.29, 0.717) is 5.02 Å². The molecule has 2 nitrogen and oxygen atoms in total. The molecule has 0 N–H and O–H groups in total. The molecule has 0 aliphatic rings. The molecule has 0 aliphatic carbocycles. The number of rotatable bonds is 4. The first-order valence-corrected chi connectivity index (χ1v) is 5.52. The maximum absolute atomic E-state index is 10.5. The lowest BCUT2D eigenvalue weighted by Crippen LogP contribution is -2.04. The van der Waals surface area contributed by atoms with Gasteiger partial charge >= 0.3 is 6.47 Å². The molecule has 1 atom stereocenters. The lowest BCUT2D eigenvalue weighted by molar-refractivity contribution is 0.216. The summed E-state index contributed by atoms with van der Waals surface area (Å²) in [6.07, 6.45) is -0.465. The number of benzene rings is 2. The van der Waals surface area contributed by atoms with Gasteiger partial charge in [0.25, 0.3) is 0 Å². The van der Waals surface area contributed by atoms with Crippen molar-refractivity contribution in [3.63, 3.8) is 0 Å². The number of ether oxygens (including phenoxy) is 1. The van der Waals surface area contributed by atoms with Crippen LogP contribution in [0.25, 0.3) is 0 Å². The van der Waals surface area contributed by atoms with Crippen molar-refractivity contribution in [1.29, 1.82) is 0 Å². The quantitative estimate of drug-likeness (QED) is 0.824. The van der Waals surface area contributed by atoms with Crippen LogP contribution in [-0.4, -0.2) is 6.47 Å². The Morgan fingerprint density at radius 3 is 2.35 bits per heavy atom. The Bertz CT molecular complexity index is 497. The van der Waals surface area contributed by atoms with Crippen molar-refractivity contribution in [3.05, 3.63) is 70.7 Å². The highest BCUT2D eigenvalue weighted by Crippen LogP contribution is 2.26. The average molecular weight is 246 g/mol. The molecule has 0 heterocycles. The van der Waals surface area contributed by atoms with E-state index in [4.69, 9.17) is 16.3 Å². The second-order valence-corrected chi connectivity index (χ2v) is 3.98. The largest absolute Gasteiger partial charge is 0.444 e. The van der Waals surface area contributed by atoms with Gasteiger partial charge in [-0.2, -0.15) is 0 Å². The lowest BCUT2D eigenvalue weighted by atomic mass is 10.0. The van der Waals surface area contributed by atoms with Crippen molar-refractivity contribution >= 4 is 18.1 Å². The van der Waals surface area contributed by atoms with E-state index >= 15 is 0 Å². The SMILES string of the molecule is O=[C]OC(c1ccccc1)c1cccc(Cl)c1. The van der Waals surface area contributed by atoms with Gasteiger partial charge in [0.15, 0.2) is 6.10 Å². The van der Waals surface area contributed by atoms with Crippen LogP contribution in [-0.2, 0) is 9.53 Å². The van der Waals surface area contributed by atoms with Gasteiger partial charge in [0.1, 0.15) is 0 Å². The molecule has 1 unspecified atom stereocenters. The van der Waals surface area contributed by atoms with Gasteiger partial charge in [-0.3, -0.25) is 0 Å². The molecule has 0 spiro atoms. The Labute approximate surface area is 105 Å². The van der Waals surface area contributed by atoms with Crippen molar-refractivity contribution in [3.8, 4) is 0 Å². The van der Waals surface area contributed by atoms with Gasteiger partial charge in [0.05, 0.1) is 0 Å². The average Bonchev–Trinajstić information content (AvgIpc) is 2.37. The summed E-state index contributed by atoms with van der Waals surface area (Å²) >= 11 is 5.92. The summed E-state index contributed by atoms with van der Waals surface area (Å²) in [5.74, 6) is 0. The van der Waals surface area contributed by atoms with Crippen molar-refractivity contribution in [1.82, 2.24) is 0 Å². The van der Waals surface area contributed by atoms with Crippen molar-refractivity contribution < 1.29 is 9.53 Å². The predicted molar refractivity (Wildman–Crippen MR) is 66.5 cm³/mol. The molecule has 2 rings (SSSR count). The maximum Gasteiger partial charge on any atom is 0.418 e. The topological polar surface area (TPSA) is 26.3 Å². The lowest BCUT2D eigenvalue weighted by Gasteiger charge is -2.15. The van der Waals surface area contributed by atoms with Gasteiger partial charge in [0.2, 0.25) is 0 Å². The smallest absolute Gasteiger partial charge is 0.418 e. The van der Waals surface area contributed by atoms with Crippen LogP contribution in [0.5, 0.6) is 0 Å². The summed E-state index contributed by atoms with van der Waals surface area (Å²) in [6, 6.07) is 16.7. The zero-order valence-corrected chi connectivity index (χ0v) is 9.72. The van der Waals surface area contributed by atoms with E-state index in [1.807, 2.05) is 42.5 Å². The molecule has 0 saturated carbocycles. The third-order valence-electron chi connectivity index (χ3n) is 2.42. The van der Waals surface area contributed by atoms with Crippen LogP contribution in [0.3, 0.4) is 0 Å². The van der Waals surface area contributed by atoms with Gasteiger partial charge < -0.3 is 4.74 Å².